The largest absolute Gasteiger partial charge is 0.353 e. The number of para-hydroxylation sites is 1. The lowest BCUT2D eigenvalue weighted by molar-refractivity contribution is 0.208. The molecule has 2 aromatic carbocycles. The Hall–Kier alpha value is -3.41. The van der Waals surface area contributed by atoms with Gasteiger partial charge in [-0.15, -0.1) is 0 Å². The van der Waals surface area contributed by atoms with Gasteiger partial charge in [0.2, 0.25) is 0 Å². The second-order valence-corrected chi connectivity index (χ2v) is 7.33. The van der Waals surface area contributed by atoms with Crippen LogP contribution in [0.4, 0.5) is 16.3 Å². The van der Waals surface area contributed by atoms with Crippen LogP contribution >= 0.6 is 0 Å². The molecule has 0 radical (unpaired) electrons. The molecular weight excluding hydrogens is 362 g/mol. The van der Waals surface area contributed by atoms with E-state index < -0.39 is 0 Å². The number of nitrogens with zero attached hydrogens (tertiary/aromatic N) is 4. The molecule has 1 fully saturated rings. The Morgan fingerprint density at radius 1 is 0.897 bits per heavy atom. The summed E-state index contributed by atoms with van der Waals surface area (Å²) in [6.45, 7) is 6.86. The molecule has 6 nitrogen and oxygen atoms in total. The molecule has 0 saturated carbocycles. The lowest BCUT2D eigenvalue weighted by atomic mass is 10.1. The van der Waals surface area contributed by atoms with Crippen molar-refractivity contribution >= 4 is 17.5 Å². The van der Waals surface area contributed by atoms with E-state index in [1.54, 1.807) is 0 Å². The molecule has 1 aliphatic rings. The first-order valence-corrected chi connectivity index (χ1v) is 9.87. The number of hydrogen-bond donors (Lipinski definition) is 1. The number of benzene rings is 2. The SMILES string of the molecule is Cc1cccc(-c2nc(C)cc(N3CCN(C(=O)Nc4ccccc4)CC3)n2)c1. The maximum atomic E-state index is 12.5. The summed E-state index contributed by atoms with van der Waals surface area (Å²) >= 11 is 0. The smallest absolute Gasteiger partial charge is 0.321 e. The summed E-state index contributed by atoms with van der Waals surface area (Å²) in [5, 5.41) is 2.95. The van der Waals surface area contributed by atoms with E-state index in [-0.39, 0.29) is 6.03 Å². The molecule has 1 aliphatic heterocycles. The molecule has 1 saturated heterocycles. The highest BCUT2D eigenvalue weighted by atomic mass is 16.2. The summed E-state index contributed by atoms with van der Waals surface area (Å²) in [5.74, 6) is 1.66. The highest BCUT2D eigenvalue weighted by Crippen LogP contribution is 2.22. The average molecular weight is 387 g/mol. The molecule has 0 bridgehead atoms. The molecule has 0 spiro atoms. The van der Waals surface area contributed by atoms with Crippen molar-refractivity contribution in [3.8, 4) is 11.4 Å². The third-order valence-corrected chi connectivity index (χ3v) is 5.03. The van der Waals surface area contributed by atoms with Crippen molar-refractivity contribution < 1.29 is 4.79 Å². The van der Waals surface area contributed by atoms with Crippen molar-refractivity contribution in [3.63, 3.8) is 0 Å². The Balaban J connectivity index is 1.44. The van der Waals surface area contributed by atoms with Crippen LogP contribution in [0.5, 0.6) is 0 Å². The minimum Gasteiger partial charge on any atom is -0.353 e. The van der Waals surface area contributed by atoms with Crippen LogP contribution in [0, 0.1) is 13.8 Å². The van der Waals surface area contributed by atoms with Gasteiger partial charge in [-0.25, -0.2) is 14.8 Å². The van der Waals surface area contributed by atoms with Crippen LogP contribution in [-0.4, -0.2) is 47.1 Å². The molecule has 0 aliphatic carbocycles. The molecule has 29 heavy (non-hydrogen) atoms. The molecule has 4 rings (SSSR count). The third kappa shape index (κ3) is 4.54. The lowest BCUT2D eigenvalue weighted by Crippen LogP contribution is -2.50. The molecule has 1 N–H and O–H groups in total. The monoisotopic (exact) mass is 387 g/mol. The number of amides is 2. The maximum absolute atomic E-state index is 12.5. The normalized spacial score (nSPS) is 14.0. The number of piperazine rings is 1. The predicted octanol–water partition coefficient (Wildman–Crippen LogP) is 4.11. The van der Waals surface area contributed by atoms with Gasteiger partial charge < -0.3 is 15.1 Å². The molecule has 1 aromatic heterocycles. The van der Waals surface area contributed by atoms with Crippen LogP contribution < -0.4 is 10.2 Å². The van der Waals surface area contributed by atoms with Gasteiger partial charge in [-0.2, -0.15) is 0 Å². The van der Waals surface area contributed by atoms with E-state index in [2.05, 4.69) is 34.3 Å². The van der Waals surface area contributed by atoms with E-state index in [1.165, 1.54) is 5.56 Å². The second-order valence-electron chi connectivity index (χ2n) is 7.33. The Bertz CT molecular complexity index is 997. The number of rotatable bonds is 3. The van der Waals surface area contributed by atoms with E-state index in [4.69, 9.17) is 4.98 Å². The minimum atomic E-state index is -0.0600. The number of aryl methyl sites for hydroxylation is 2. The van der Waals surface area contributed by atoms with Crippen LogP contribution in [0.1, 0.15) is 11.3 Å². The van der Waals surface area contributed by atoms with Crippen molar-refractivity contribution in [2.45, 2.75) is 13.8 Å². The summed E-state index contributed by atoms with van der Waals surface area (Å²) in [5.41, 5.74) is 3.97. The van der Waals surface area contributed by atoms with Crippen molar-refractivity contribution in [1.29, 1.82) is 0 Å². The number of nitrogens with one attached hydrogen (secondary N) is 1. The minimum absolute atomic E-state index is 0.0600. The number of aromatic nitrogens is 2. The Morgan fingerprint density at radius 2 is 1.66 bits per heavy atom. The average Bonchev–Trinajstić information content (AvgIpc) is 2.74. The fourth-order valence-corrected chi connectivity index (χ4v) is 3.49. The fraction of sp³-hybridized carbons (Fsp3) is 0.261. The topological polar surface area (TPSA) is 61.4 Å². The summed E-state index contributed by atoms with van der Waals surface area (Å²) in [4.78, 5) is 26.0. The summed E-state index contributed by atoms with van der Waals surface area (Å²) in [6, 6.07) is 19.7. The lowest BCUT2D eigenvalue weighted by Gasteiger charge is -2.35. The standard InChI is InChI=1S/C23H25N5O/c1-17-7-6-8-19(15-17)22-24-18(2)16-21(26-22)27-11-13-28(14-12-27)23(29)25-20-9-4-3-5-10-20/h3-10,15-16H,11-14H2,1-2H3,(H,25,29). The van der Waals surface area contributed by atoms with E-state index in [0.29, 0.717) is 13.1 Å². The Kier molecular flexibility index (Phi) is 5.42. The number of hydrogen-bond acceptors (Lipinski definition) is 4. The highest BCUT2D eigenvalue weighted by Gasteiger charge is 2.22. The predicted molar refractivity (Wildman–Crippen MR) is 116 cm³/mol. The van der Waals surface area contributed by atoms with Crippen molar-refractivity contribution in [3.05, 3.63) is 71.9 Å². The summed E-state index contributed by atoms with van der Waals surface area (Å²) < 4.78 is 0. The molecule has 148 valence electrons. The molecular formula is C23H25N5O. The van der Waals surface area contributed by atoms with Gasteiger partial charge in [-0.3, -0.25) is 0 Å². The molecule has 6 heteroatoms. The molecule has 2 amide bonds. The zero-order valence-electron chi connectivity index (χ0n) is 16.8. The zero-order valence-corrected chi connectivity index (χ0v) is 16.8. The van der Waals surface area contributed by atoms with Crippen LogP contribution in [0.2, 0.25) is 0 Å². The van der Waals surface area contributed by atoms with Gasteiger partial charge in [0.25, 0.3) is 0 Å². The van der Waals surface area contributed by atoms with Crippen LogP contribution in [0.15, 0.2) is 60.7 Å². The van der Waals surface area contributed by atoms with Crippen LogP contribution in [0.3, 0.4) is 0 Å². The van der Waals surface area contributed by atoms with Gasteiger partial charge in [0, 0.05) is 49.2 Å². The Labute approximate surface area is 171 Å². The van der Waals surface area contributed by atoms with E-state index in [1.807, 2.05) is 60.4 Å². The van der Waals surface area contributed by atoms with Crippen LogP contribution in [-0.2, 0) is 0 Å². The number of urea groups is 1. The van der Waals surface area contributed by atoms with Crippen molar-refractivity contribution in [2.75, 3.05) is 36.4 Å². The molecule has 2 heterocycles. The maximum Gasteiger partial charge on any atom is 0.321 e. The van der Waals surface area contributed by atoms with E-state index in [9.17, 15) is 4.79 Å². The van der Waals surface area contributed by atoms with Crippen molar-refractivity contribution in [1.82, 2.24) is 14.9 Å². The first-order chi connectivity index (χ1) is 14.1. The van der Waals surface area contributed by atoms with E-state index >= 15 is 0 Å². The quantitative estimate of drug-likeness (QED) is 0.735. The number of carbonyl (C=O) groups excluding carboxylic acids is 1. The zero-order chi connectivity index (χ0) is 20.2. The van der Waals surface area contributed by atoms with Gasteiger partial charge in [0.05, 0.1) is 0 Å². The number of carbonyl (C=O) groups is 1. The summed E-state index contributed by atoms with van der Waals surface area (Å²) in [6.07, 6.45) is 0. The van der Waals surface area contributed by atoms with Gasteiger partial charge in [0.1, 0.15) is 5.82 Å². The van der Waals surface area contributed by atoms with Crippen molar-refractivity contribution in [2.24, 2.45) is 0 Å². The fourth-order valence-electron chi connectivity index (χ4n) is 3.49. The number of anilines is 2. The van der Waals surface area contributed by atoms with Crippen LogP contribution in [0.25, 0.3) is 11.4 Å². The summed E-state index contributed by atoms with van der Waals surface area (Å²) in [7, 11) is 0. The van der Waals surface area contributed by atoms with Gasteiger partial charge >= 0.3 is 6.03 Å². The molecule has 0 unspecified atom stereocenters. The Morgan fingerprint density at radius 3 is 2.38 bits per heavy atom. The molecule has 3 aromatic rings. The first kappa shape index (κ1) is 18.9. The van der Waals surface area contributed by atoms with Gasteiger partial charge in [0.15, 0.2) is 5.82 Å². The third-order valence-electron chi connectivity index (χ3n) is 5.03. The first-order valence-electron chi connectivity index (χ1n) is 9.87. The molecule has 0 atom stereocenters. The van der Waals surface area contributed by atoms with Gasteiger partial charge in [-0.05, 0) is 32.0 Å². The second kappa shape index (κ2) is 8.31. The highest BCUT2D eigenvalue weighted by molar-refractivity contribution is 5.89. The van der Waals surface area contributed by atoms with Gasteiger partial charge in [-0.1, -0.05) is 42.0 Å². The van der Waals surface area contributed by atoms with E-state index in [0.717, 1.165) is 41.7 Å².